The second kappa shape index (κ2) is 5.61. The zero-order valence-electron chi connectivity index (χ0n) is 9.11. The Labute approximate surface area is 118 Å². The second-order valence-corrected chi connectivity index (χ2v) is 5.88. The number of rotatable bonds is 3. The van der Waals surface area contributed by atoms with Crippen molar-refractivity contribution in [2.24, 2.45) is 0 Å². The van der Waals surface area contributed by atoms with Crippen LogP contribution in [0, 0.1) is 0 Å². The van der Waals surface area contributed by atoms with Crippen LogP contribution < -0.4 is 5.32 Å². The molecule has 0 unspecified atom stereocenters. The minimum Gasteiger partial charge on any atom is -0.508 e. The third kappa shape index (κ3) is 3.16. The number of amides is 1. The average molecular weight is 302 g/mol. The number of thiophene rings is 1. The summed E-state index contributed by atoms with van der Waals surface area (Å²) >= 11 is 12.8. The fourth-order valence-electron chi connectivity index (χ4n) is 1.44. The first-order valence-electron chi connectivity index (χ1n) is 5.07. The number of benzene rings is 1. The lowest BCUT2D eigenvalue weighted by atomic mass is 10.2. The molecule has 0 saturated heterocycles. The molecule has 3 nitrogen and oxygen atoms in total. The fourth-order valence-corrected chi connectivity index (χ4v) is 2.90. The van der Waals surface area contributed by atoms with Gasteiger partial charge < -0.3 is 10.4 Å². The second-order valence-electron chi connectivity index (χ2n) is 3.59. The van der Waals surface area contributed by atoms with Crippen LogP contribution >= 0.6 is 34.5 Å². The summed E-state index contributed by atoms with van der Waals surface area (Å²) in [5, 5.41) is 12.0. The largest absolute Gasteiger partial charge is 0.508 e. The number of hydrogen-bond donors (Lipinski definition) is 2. The summed E-state index contributed by atoms with van der Waals surface area (Å²) in [6.07, 6.45) is 0. The maximum atomic E-state index is 11.8. The van der Waals surface area contributed by atoms with Crippen LogP contribution in [0.3, 0.4) is 0 Å². The van der Waals surface area contributed by atoms with Gasteiger partial charge in [-0.05, 0) is 23.8 Å². The number of phenolic OH excluding ortho intramolecular Hbond substituents is 1. The van der Waals surface area contributed by atoms with Gasteiger partial charge in [-0.2, -0.15) is 0 Å². The van der Waals surface area contributed by atoms with E-state index >= 15 is 0 Å². The summed E-state index contributed by atoms with van der Waals surface area (Å²) in [6.45, 7) is 0.316. The summed E-state index contributed by atoms with van der Waals surface area (Å²) in [5.41, 5.74) is 1.17. The molecule has 0 saturated carbocycles. The molecule has 2 aromatic rings. The van der Waals surface area contributed by atoms with E-state index in [1.165, 1.54) is 6.07 Å². The van der Waals surface area contributed by atoms with Crippen molar-refractivity contribution in [2.75, 3.05) is 0 Å². The molecule has 6 heteroatoms. The highest BCUT2D eigenvalue weighted by Crippen LogP contribution is 2.31. The molecule has 0 aliphatic carbocycles. The highest BCUT2D eigenvalue weighted by Gasteiger charge is 2.13. The molecule has 1 aromatic carbocycles. The zero-order chi connectivity index (χ0) is 13.1. The Bertz CT molecular complexity index is 583. The van der Waals surface area contributed by atoms with E-state index in [2.05, 4.69) is 5.32 Å². The first kappa shape index (κ1) is 13.2. The molecule has 18 heavy (non-hydrogen) atoms. The van der Waals surface area contributed by atoms with Crippen LogP contribution in [0.15, 0.2) is 30.3 Å². The van der Waals surface area contributed by atoms with Crippen LogP contribution in [0.25, 0.3) is 0 Å². The van der Waals surface area contributed by atoms with Crippen molar-refractivity contribution in [2.45, 2.75) is 6.54 Å². The van der Waals surface area contributed by atoms with Crippen molar-refractivity contribution < 1.29 is 9.90 Å². The monoisotopic (exact) mass is 301 g/mol. The third-order valence-corrected chi connectivity index (χ3v) is 3.75. The molecule has 0 aliphatic heterocycles. The summed E-state index contributed by atoms with van der Waals surface area (Å²) in [7, 11) is 0. The minimum absolute atomic E-state index is 0.165. The predicted molar refractivity (Wildman–Crippen MR) is 73.6 cm³/mol. The van der Waals surface area contributed by atoms with E-state index in [-0.39, 0.29) is 11.7 Å². The van der Waals surface area contributed by atoms with Gasteiger partial charge in [-0.25, -0.2) is 0 Å². The number of nitrogens with one attached hydrogen (secondary N) is 1. The molecule has 0 atom stereocenters. The average Bonchev–Trinajstić information content (AvgIpc) is 2.66. The van der Waals surface area contributed by atoms with Crippen molar-refractivity contribution in [3.8, 4) is 5.75 Å². The molecule has 1 heterocycles. The summed E-state index contributed by atoms with van der Waals surface area (Å²) in [4.78, 5) is 11.8. The molecule has 1 amide bonds. The number of aromatic hydroxyl groups is 1. The molecular formula is C12H9Cl2NO2S. The third-order valence-electron chi connectivity index (χ3n) is 2.26. The highest BCUT2D eigenvalue weighted by molar-refractivity contribution is 7.20. The van der Waals surface area contributed by atoms with Crippen LogP contribution in [-0.4, -0.2) is 11.0 Å². The lowest BCUT2D eigenvalue weighted by Gasteiger charge is -2.04. The van der Waals surface area contributed by atoms with Gasteiger partial charge in [-0.15, -0.1) is 11.3 Å². The van der Waals surface area contributed by atoms with E-state index in [9.17, 15) is 9.90 Å². The smallest absolute Gasteiger partial charge is 0.253 e. The molecule has 0 aliphatic rings. The van der Waals surface area contributed by atoms with Gasteiger partial charge in [-0.1, -0.05) is 35.3 Å². The SMILES string of the molecule is O=C(NCc1cccc(O)c1)c1cc(Cl)sc1Cl. The maximum Gasteiger partial charge on any atom is 0.253 e. The molecular weight excluding hydrogens is 293 g/mol. The molecule has 2 N–H and O–H groups in total. The van der Waals surface area contributed by atoms with E-state index in [0.717, 1.165) is 16.9 Å². The molecule has 0 spiro atoms. The van der Waals surface area contributed by atoms with Crippen molar-refractivity contribution >= 4 is 40.4 Å². The van der Waals surface area contributed by atoms with Gasteiger partial charge in [0.25, 0.3) is 5.91 Å². The van der Waals surface area contributed by atoms with Gasteiger partial charge in [0.05, 0.1) is 9.90 Å². The zero-order valence-corrected chi connectivity index (χ0v) is 11.4. The first-order valence-corrected chi connectivity index (χ1v) is 6.64. The van der Waals surface area contributed by atoms with Crippen LogP contribution in [0.4, 0.5) is 0 Å². The number of carbonyl (C=O) groups is 1. The summed E-state index contributed by atoms with van der Waals surface area (Å²) < 4.78 is 0.843. The Kier molecular flexibility index (Phi) is 4.11. The van der Waals surface area contributed by atoms with Crippen molar-refractivity contribution in [3.05, 3.63) is 50.1 Å². The molecule has 2 rings (SSSR count). The Morgan fingerprint density at radius 2 is 2.11 bits per heavy atom. The minimum atomic E-state index is -0.286. The quantitative estimate of drug-likeness (QED) is 0.908. The van der Waals surface area contributed by atoms with E-state index in [4.69, 9.17) is 23.2 Å². The molecule has 0 fully saturated rings. The van der Waals surface area contributed by atoms with Crippen LogP contribution in [0.2, 0.25) is 8.67 Å². The maximum absolute atomic E-state index is 11.8. The van der Waals surface area contributed by atoms with Gasteiger partial charge in [0.15, 0.2) is 0 Å². The summed E-state index contributed by atoms with van der Waals surface area (Å²) in [6, 6.07) is 8.21. The molecule has 0 radical (unpaired) electrons. The lowest BCUT2D eigenvalue weighted by molar-refractivity contribution is 0.0951. The van der Waals surface area contributed by atoms with Gasteiger partial charge in [0, 0.05) is 6.54 Å². The molecule has 0 bridgehead atoms. The van der Waals surface area contributed by atoms with Gasteiger partial charge >= 0.3 is 0 Å². The van der Waals surface area contributed by atoms with Crippen molar-refractivity contribution in [1.82, 2.24) is 5.32 Å². The van der Waals surface area contributed by atoms with Gasteiger partial charge in [0.2, 0.25) is 0 Å². The number of phenols is 1. The van der Waals surface area contributed by atoms with E-state index < -0.39 is 0 Å². The Morgan fingerprint density at radius 1 is 1.33 bits per heavy atom. The van der Waals surface area contributed by atoms with Gasteiger partial charge in [-0.3, -0.25) is 4.79 Å². The number of carbonyl (C=O) groups excluding carboxylic acids is 1. The first-order chi connectivity index (χ1) is 8.56. The topological polar surface area (TPSA) is 49.3 Å². The van der Waals surface area contributed by atoms with Crippen molar-refractivity contribution in [3.63, 3.8) is 0 Å². The van der Waals surface area contributed by atoms with E-state index in [1.54, 1.807) is 18.2 Å². The fraction of sp³-hybridized carbons (Fsp3) is 0.0833. The predicted octanol–water partition coefficient (Wildman–Crippen LogP) is 3.69. The molecule has 1 aromatic heterocycles. The Balaban J connectivity index is 2.03. The van der Waals surface area contributed by atoms with Crippen molar-refractivity contribution in [1.29, 1.82) is 0 Å². The highest BCUT2D eigenvalue weighted by atomic mass is 35.5. The summed E-state index contributed by atoms with van der Waals surface area (Å²) in [5.74, 6) is -0.121. The number of halogens is 2. The normalized spacial score (nSPS) is 10.3. The molecule has 94 valence electrons. The van der Waals surface area contributed by atoms with Gasteiger partial charge in [0.1, 0.15) is 10.1 Å². The van der Waals surface area contributed by atoms with Crippen LogP contribution in [-0.2, 0) is 6.54 Å². The lowest BCUT2D eigenvalue weighted by Crippen LogP contribution is -2.22. The standard InChI is InChI=1S/C12H9Cl2NO2S/c13-10-5-9(11(14)18-10)12(17)15-6-7-2-1-3-8(16)4-7/h1-5,16H,6H2,(H,15,17). The number of hydrogen-bond acceptors (Lipinski definition) is 3. The Morgan fingerprint density at radius 3 is 2.72 bits per heavy atom. The Hall–Kier alpha value is -1.23. The van der Waals surface area contributed by atoms with Crippen LogP contribution in [0.5, 0.6) is 5.75 Å². The van der Waals surface area contributed by atoms with E-state index in [1.807, 2.05) is 6.07 Å². The van der Waals surface area contributed by atoms with Crippen LogP contribution in [0.1, 0.15) is 15.9 Å². The van der Waals surface area contributed by atoms with E-state index in [0.29, 0.717) is 20.8 Å².